The quantitative estimate of drug-likeness (QED) is 0.715. The summed E-state index contributed by atoms with van der Waals surface area (Å²) in [5, 5.41) is 10.6. The topological polar surface area (TPSA) is 78.5 Å². The third kappa shape index (κ3) is 3.35. The summed E-state index contributed by atoms with van der Waals surface area (Å²) in [5.74, 6) is 0.712. The second kappa shape index (κ2) is 7.15. The lowest BCUT2D eigenvalue weighted by Gasteiger charge is -2.35. The minimum Gasteiger partial charge on any atom is -0.488 e. The van der Waals surface area contributed by atoms with Crippen molar-refractivity contribution in [2.45, 2.75) is 25.0 Å². The van der Waals surface area contributed by atoms with Crippen molar-refractivity contribution in [1.29, 1.82) is 0 Å². The van der Waals surface area contributed by atoms with Gasteiger partial charge in [-0.1, -0.05) is 0 Å². The fourth-order valence-electron chi connectivity index (χ4n) is 4.66. The Labute approximate surface area is 167 Å². The zero-order valence-electron chi connectivity index (χ0n) is 15.8. The van der Waals surface area contributed by atoms with Crippen LogP contribution in [0.3, 0.4) is 0 Å². The molecule has 2 aliphatic rings. The van der Waals surface area contributed by atoms with Gasteiger partial charge in [-0.2, -0.15) is 0 Å². The van der Waals surface area contributed by atoms with E-state index in [1.54, 1.807) is 24.5 Å². The van der Waals surface area contributed by atoms with Gasteiger partial charge in [0, 0.05) is 25.5 Å². The van der Waals surface area contributed by atoms with E-state index in [0.29, 0.717) is 42.8 Å². The lowest BCUT2D eigenvalue weighted by molar-refractivity contribution is -0.0231. The van der Waals surface area contributed by atoms with Gasteiger partial charge in [0.05, 0.1) is 17.2 Å². The molecule has 2 N–H and O–H groups in total. The number of benzene rings is 1. The summed E-state index contributed by atoms with van der Waals surface area (Å²) in [7, 11) is 0. The van der Waals surface area contributed by atoms with Gasteiger partial charge in [-0.05, 0) is 61.1 Å². The van der Waals surface area contributed by atoms with Crippen molar-refractivity contribution in [3.8, 4) is 5.75 Å². The molecule has 5 rings (SSSR count). The molecule has 1 aromatic carbocycles. The Bertz CT molecular complexity index is 1040. The average molecular weight is 395 g/mol. The molecule has 1 aliphatic carbocycles. The van der Waals surface area contributed by atoms with Gasteiger partial charge in [0.2, 0.25) is 0 Å². The number of nitrogens with one attached hydrogen (secondary N) is 1. The van der Waals surface area contributed by atoms with Crippen LogP contribution in [0.1, 0.15) is 23.2 Å². The number of aliphatic hydroxyl groups is 1. The normalized spacial score (nSPS) is 26.5. The lowest BCUT2D eigenvalue weighted by atomic mass is 9.78. The Morgan fingerprint density at radius 2 is 1.93 bits per heavy atom. The van der Waals surface area contributed by atoms with Crippen LogP contribution >= 0.6 is 0 Å². The first-order chi connectivity index (χ1) is 14.1. The van der Waals surface area contributed by atoms with E-state index in [0.717, 1.165) is 5.52 Å². The highest BCUT2D eigenvalue weighted by Crippen LogP contribution is 2.38. The molecule has 29 heavy (non-hydrogen) atoms. The predicted octanol–water partition coefficient (Wildman–Crippen LogP) is 2.99. The third-order valence-electron chi connectivity index (χ3n) is 6.14. The molecule has 7 heteroatoms. The van der Waals surface area contributed by atoms with Crippen LogP contribution in [0.15, 0.2) is 48.8 Å². The molecule has 2 fully saturated rings. The SMILES string of the molecule is O=C(c1c[nH]c2cccnc12)N1C[C@H]2C[C@@H](Oc3ccc(F)cc3)[C@H](O)C[C@H]2C1. The number of carbonyl (C=O) groups is 1. The Morgan fingerprint density at radius 3 is 2.72 bits per heavy atom. The molecule has 4 atom stereocenters. The van der Waals surface area contributed by atoms with Crippen molar-refractivity contribution in [3.63, 3.8) is 0 Å². The maximum atomic E-state index is 13.1. The first-order valence-corrected chi connectivity index (χ1v) is 9.90. The highest BCUT2D eigenvalue weighted by Gasteiger charge is 2.44. The number of hydrogen-bond acceptors (Lipinski definition) is 4. The van der Waals surface area contributed by atoms with Gasteiger partial charge < -0.3 is 19.7 Å². The maximum Gasteiger partial charge on any atom is 0.257 e. The minimum atomic E-state index is -0.605. The number of H-pyrrole nitrogens is 1. The maximum absolute atomic E-state index is 13.1. The number of aromatic nitrogens is 2. The van der Waals surface area contributed by atoms with E-state index >= 15 is 0 Å². The molecule has 0 bridgehead atoms. The van der Waals surface area contributed by atoms with Crippen LogP contribution in [-0.4, -0.2) is 51.2 Å². The Kier molecular flexibility index (Phi) is 4.47. The number of pyridine rings is 1. The average Bonchev–Trinajstić information content (AvgIpc) is 3.33. The molecular weight excluding hydrogens is 373 g/mol. The second-order valence-electron chi connectivity index (χ2n) is 7.98. The summed E-state index contributed by atoms with van der Waals surface area (Å²) >= 11 is 0. The van der Waals surface area contributed by atoms with E-state index in [1.807, 2.05) is 17.0 Å². The largest absolute Gasteiger partial charge is 0.488 e. The fraction of sp³-hybridized carbons (Fsp3) is 0.364. The number of halogens is 1. The van der Waals surface area contributed by atoms with Gasteiger partial charge in [-0.25, -0.2) is 4.39 Å². The van der Waals surface area contributed by atoms with Crippen molar-refractivity contribution in [3.05, 3.63) is 60.2 Å². The first-order valence-electron chi connectivity index (χ1n) is 9.90. The number of likely N-dealkylation sites (tertiary alicyclic amines) is 1. The number of amides is 1. The zero-order valence-corrected chi connectivity index (χ0v) is 15.8. The van der Waals surface area contributed by atoms with Crippen molar-refractivity contribution < 1.29 is 19.0 Å². The van der Waals surface area contributed by atoms with Crippen LogP contribution < -0.4 is 4.74 Å². The van der Waals surface area contributed by atoms with Gasteiger partial charge in [0.1, 0.15) is 23.2 Å². The molecule has 0 unspecified atom stereocenters. The molecule has 3 aromatic rings. The first kappa shape index (κ1) is 18.1. The number of rotatable bonds is 3. The number of nitrogens with zero attached hydrogens (tertiary/aromatic N) is 2. The monoisotopic (exact) mass is 395 g/mol. The van der Waals surface area contributed by atoms with Crippen molar-refractivity contribution in [2.75, 3.05) is 13.1 Å². The van der Waals surface area contributed by atoms with Crippen LogP contribution in [0, 0.1) is 17.7 Å². The second-order valence-corrected chi connectivity index (χ2v) is 7.98. The van der Waals surface area contributed by atoms with Crippen LogP contribution in [0.2, 0.25) is 0 Å². The minimum absolute atomic E-state index is 0.0326. The van der Waals surface area contributed by atoms with Gasteiger partial charge in [-0.15, -0.1) is 0 Å². The summed E-state index contributed by atoms with van der Waals surface area (Å²) in [6.07, 6.45) is 3.70. The van der Waals surface area contributed by atoms with Crippen molar-refractivity contribution in [2.24, 2.45) is 11.8 Å². The molecule has 150 valence electrons. The third-order valence-corrected chi connectivity index (χ3v) is 6.14. The van der Waals surface area contributed by atoms with Crippen LogP contribution in [0.25, 0.3) is 11.0 Å². The number of ether oxygens (including phenoxy) is 1. The number of aliphatic hydroxyl groups excluding tert-OH is 1. The summed E-state index contributed by atoms with van der Waals surface area (Å²) in [6.45, 7) is 1.27. The van der Waals surface area contributed by atoms with Gasteiger partial charge >= 0.3 is 0 Å². The van der Waals surface area contributed by atoms with E-state index in [4.69, 9.17) is 4.74 Å². The van der Waals surface area contributed by atoms with E-state index in [2.05, 4.69) is 9.97 Å². The number of fused-ring (bicyclic) bond motifs is 2. The van der Waals surface area contributed by atoms with E-state index in [1.165, 1.54) is 12.1 Å². The van der Waals surface area contributed by atoms with Gasteiger partial charge in [0.25, 0.3) is 5.91 Å². The van der Waals surface area contributed by atoms with E-state index in [-0.39, 0.29) is 29.7 Å². The van der Waals surface area contributed by atoms with Crippen molar-refractivity contribution in [1.82, 2.24) is 14.9 Å². The Hall–Kier alpha value is -2.93. The highest BCUT2D eigenvalue weighted by atomic mass is 19.1. The van der Waals surface area contributed by atoms with E-state index in [9.17, 15) is 14.3 Å². The van der Waals surface area contributed by atoms with Crippen LogP contribution in [0.4, 0.5) is 4.39 Å². The molecule has 2 aromatic heterocycles. The van der Waals surface area contributed by atoms with Crippen molar-refractivity contribution >= 4 is 16.9 Å². The number of hydrogen-bond donors (Lipinski definition) is 2. The summed E-state index contributed by atoms with van der Waals surface area (Å²) in [6, 6.07) is 9.57. The summed E-state index contributed by atoms with van der Waals surface area (Å²) in [5.41, 5.74) is 2.11. The number of aromatic amines is 1. The standard InChI is InChI=1S/C22H22FN3O3/c23-15-3-5-16(6-4-15)29-20-9-14-12-26(11-13(14)8-19(20)27)22(28)17-10-25-18-2-1-7-24-21(17)18/h1-7,10,13-14,19-20,25,27H,8-9,11-12H2/t13-,14+,19+,20+/m0/s1. The Balaban J connectivity index is 1.29. The van der Waals surface area contributed by atoms with Gasteiger partial charge in [-0.3, -0.25) is 9.78 Å². The lowest BCUT2D eigenvalue weighted by Crippen LogP contribution is -2.42. The molecular formula is C22H22FN3O3. The van der Waals surface area contributed by atoms with E-state index < -0.39 is 6.10 Å². The Morgan fingerprint density at radius 1 is 1.17 bits per heavy atom. The molecule has 0 spiro atoms. The fourth-order valence-corrected chi connectivity index (χ4v) is 4.66. The summed E-state index contributed by atoms with van der Waals surface area (Å²) < 4.78 is 19.0. The molecule has 1 saturated heterocycles. The van der Waals surface area contributed by atoms with Gasteiger partial charge in [0.15, 0.2) is 0 Å². The van der Waals surface area contributed by atoms with Crippen LogP contribution in [-0.2, 0) is 0 Å². The molecule has 1 saturated carbocycles. The number of carbonyl (C=O) groups excluding carboxylic acids is 1. The predicted molar refractivity (Wildman–Crippen MR) is 105 cm³/mol. The molecule has 0 radical (unpaired) electrons. The molecule has 1 aliphatic heterocycles. The molecule has 1 amide bonds. The highest BCUT2D eigenvalue weighted by molar-refractivity contribution is 6.05. The zero-order chi connectivity index (χ0) is 20.0. The smallest absolute Gasteiger partial charge is 0.257 e. The molecule has 6 nitrogen and oxygen atoms in total. The molecule has 3 heterocycles. The summed E-state index contributed by atoms with van der Waals surface area (Å²) in [4.78, 5) is 22.4. The van der Waals surface area contributed by atoms with Crippen LogP contribution in [0.5, 0.6) is 5.75 Å².